The van der Waals surface area contributed by atoms with Gasteiger partial charge in [0.05, 0.1) is 45.0 Å². The van der Waals surface area contributed by atoms with Gasteiger partial charge in [0.15, 0.2) is 0 Å². The molecule has 0 aliphatic carbocycles. The first kappa shape index (κ1) is 75.7. The quantitative estimate of drug-likeness (QED) is 0.0533. The Morgan fingerprint density at radius 1 is 0.435 bits per heavy atom. The third kappa shape index (κ3) is 18.5. The first-order chi connectivity index (χ1) is 51.8. The third-order valence-corrected chi connectivity index (χ3v) is 19.2. The molecule has 24 nitrogen and oxygen atoms in total. The predicted molar refractivity (Wildman–Crippen MR) is 415 cm³/mol. The maximum Gasteiger partial charge on any atom is 0.411 e. The second kappa shape index (κ2) is 32.9. The number of amides is 3. The highest BCUT2D eigenvalue weighted by atomic mass is 35.5. The van der Waals surface area contributed by atoms with E-state index in [9.17, 15) is 14.4 Å². The number of halogens is 3. The number of carbonyl (C=O) groups excluding carboxylic acids is 3. The predicted octanol–water partition coefficient (Wildman–Crippen LogP) is 17.3. The van der Waals surface area contributed by atoms with Gasteiger partial charge in [-0.2, -0.15) is 15.0 Å². The highest BCUT2D eigenvalue weighted by molar-refractivity contribution is 6.32. The average molecular weight is 1520 g/mol. The maximum absolute atomic E-state index is 13.2. The number of ether oxygens (including phenoxy) is 6. The Balaban J connectivity index is 0.000000143. The van der Waals surface area contributed by atoms with Gasteiger partial charge in [-0.15, -0.1) is 15.3 Å². The molecule has 3 atom stereocenters. The van der Waals surface area contributed by atoms with Crippen LogP contribution < -0.4 is 14.2 Å². The molecule has 6 aromatic carbocycles. The van der Waals surface area contributed by atoms with Crippen molar-refractivity contribution in [1.82, 2.24) is 74.4 Å². The molecular formula is C81H90Cl3N15O9. The minimum Gasteiger partial charge on any atom is -0.494 e. The number of H-pyrrole nitrogens is 3. The normalized spacial score (nSPS) is 15.7. The fourth-order valence-electron chi connectivity index (χ4n) is 13.9. The number of carbonyl (C=O) groups is 3. The van der Waals surface area contributed by atoms with Crippen LogP contribution in [0.4, 0.5) is 14.4 Å². The van der Waals surface area contributed by atoms with Crippen LogP contribution >= 0.6 is 34.8 Å². The lowest BCUT2D eigenvalue weighted by Gasteiger charge is -2.37. The van der Waals surface area contributed by atoms with Gasteiger partial charge in [-0.1, -0.05) is 76.4 Å². The van der Waals surface area contributed by atoms with Crippen molar-refractivity contribution in [2.75, 3.05) is 39.5 Å². The Morgan fingerprint density at radius 2 is 0.778 bits per heavy atom. The summed E-state index contributed by atoms with van der Waals surface area (Å²) in [5, 5.41) is 29.0. The van der Waals surface area contributed by atoms with E-state index >= 15 is 0 Å². The molecule has 6 aromatic heterocycles. The van der Waals surface area contributed by atoms with E-state index < -0.39 is 16.8 Å². The van der Waals surface area contributed by atoms with Crippen LogP contribution in [0.2, 0.25) is 15.1 Å². The summed E-state index contributed by atoms with van der Waals surface area (Å²) in [5.74, 6) is 2.34. The van der Waals surface area contributed by atoms with Gasteiger partial charge in [-0.05, 0) is 212 Å². The number of nitrogens with one attached hydrogen (secondary N) is 3. The molecule has 3 aliphatic rings. The van der Waals surface area contributed by atoms with Gasteiger partial charge in [0.1, 0.15) is 64.8 Å². The number of aromatic nitrogens is 12. The Labute approximate surface area is 641 Å². The van der Waals surface area contributed by atoms with Gasteiger partial charge in [0, 0.05) is 117 Å². The number of nitrogens with zero attached hydrogens (tertiary/aromatic N) is 12. The molecule has 3 N–H and O–H groups in total. The summed E-state index contributed by atoms with van der Waals surface area (Å²) in [7, 11) is 0. The van der Waals surface area contributed by atoms with E-state index in [4.69, 9.17) is 63.2 Å². The zero-order valence-corrected chi connectivity index (χ0v) is 64.4. The molecule has 564 valence electrons. The fourth-order valence-corrected chi connectivity index (χ4v) is 14.4. The van der Waals surface area contributed by atoms with E-state index in [-0.39, 0.29) is 36.4 Å². The van der Waals surface area contributed by atoms with Gasteiger partial charge in [0.2, 0.25) is 0 Å². The van der Waals surface area contributed by atoms with Gasteiger partial charge in [-0.25, -0.2) is 14.4 Å². The molecule has 15 rings (SSSR count). The lowest BCUT2D eigenvalue weighted by Crippen LogP contribution is -2.43. The van der Waals surface area contributed by atoms with Crippen molar-refractivity contribution in [1.29, 1.82) is 0 Å². The van der Waals surface area contributed by atoms with E-state index in [1.54, 1.807) is 55.4 Å². The molecule has 0 bridgehead atoms. The van der Waals surface area contributed by atoms with E-state index in [2.05, 4.69) is 45.7 Å². The van der Waals surface area contributed by atoms with Gasteiger partial charge in [0.25, 0.3) is 0 Å². The number of hydrogen-bond acceptors (Lipinski definition) is 15. The van der Waals surface area contributed by atoms with Crippen molar-refractivity contribution < 1.29 is 42.8 Å². The summed E-state index contributed by atoms with van der Waals surface area (Å²) in [6, 6.07) is 40.4. The number of rotatable bonds is 18. The minimum atomic E-state index is -0.584. The van der Waals surface area contributed by atoms with Crippen LogP contribution in [0, 0.1) is 0 Å². The summed E-state index contributed by atoms with van der Waals surface area (Å²) in [4.78, 5) is 57.5. The summed E-state index contributed by atoms with van der Waals surface area (Å²) < 4.78 is 38.8. The average Bonchev–Trinajstić information content (AvgIpc) is 1.59. The van der Waals surface area contributed by atoms with Crippen LogP contribution in [0.5, 0.6) is 17.2 Å². The Bertz CT molecular complexity index is 4530. The van der Waals surface area contributed by atoms with Crippen LogP contribution in [0.1, 0.15) is 150 Å². The largest absolute Gasteiger partial charge is 0.494 e. The lowest BCUT2D eigenvalue weighted by atomic mass is 9.92. The molecule has 0 spiro atoms. The topological polar surface area (TPSA) is 256 Å². The molecule has 3 unspecified atom stereocenters. The smallest absolute Gasteiger partial charge is 0.411 e. The molecule has 9 heterocycles. The first-order valence-electron chi connectivity index (χ1n) is 36.4. The van der Waals surface area contributed by atoms with Crippen molar-refractivity contribution in [2.45, 2.75) is 155 Å². The Kier molecular flexibility index (Phi) is 23.0. The van der Waals surface area contributed by atoms with Gasteiger partial charge < -0.3 is 47.9 Å². The standard InChI is InChI=1S/3C27H30ClN5O3/c1-27(2,3)36-26(34)32-15-11-21-22-17-19(28)7-10-23(22)31-24(21)25(32)18-5-8-20(9-6-18)35-16-4-14-33-29-12-13-30-33;1-27(2,3)36-26(34)33-14-11-21-22-17-19(28)7-10-23(22)30-24(21)25(33)18-5-8-20(9-6-18)35-16-4-13-32-15-12-29-31-32;1-27(2,3)36-26(34)33-13-11-21-22-15-19(28)7-10-23(22)31-24(21)25(33)18-5-8-20(9-6-18)35-14-4-12-32-16-29-30-17-32/h5-10,12-13,17,25,31H,4,11,14-16H2,1-3H3;5-10,12,15,17,25,30H,4,11,13-14,16H2,1-3H3;5-10,15-17,25,31H,4,11-14H2,1-3H3. The van der Waals surface area contributed by atoms with Crippen LogP contribution in [-0.2, 0) is 53.1 Å². The monoisotopic (exact) mass is 1520 g/mol. The molecule has 0 fully saturated rings. The van der Waals surface area contributed by atoms with Gasteiger partial charge in [-0.3, -0.25) is 19.4 Å². The third-order valence-electron chi connectivity index (χ3n) is 18.5. The molecule has 3 aliphatic heterocycles. The molecule has 0 saturated carbocycles. The summed E-state index contributed by atoms with van der Waals surface area (Å²) in [6.45, 7) is 22.6. The zero-order chi connectivity index (χ0) is 75.9. The lowest BCUT2D eigenvalue weighted by molar-refractivity contribution is 0.0165. The van der Waals surface area contributed by atoms with Crippen molar-refractivity contribution >= 4 is 85.8 Å². The first-order valence-corrected chi connectivity index (χ1v) is 37.6. The van der Waals surface area contributed by atoms with E-state index in [0.717, 1.165) is 135 Å². The molecule has 27 heteroatoms. The zero-order valence-electron chi connectivity index (χ0n) is 62.1. The number of aryl methyl sites for hydroxylation is 3. The summed E-state index contributed by atoms with van der Waals surface area (Å²) in [5.41, 5.74) is 10.7. The second-order valence-corrected chi connectivity index (χ2v) is 31.2. The summed E-state index contributed by atoms with van der Waals surface area (Å²) >= 11 is 18.9. The van der Waals surface area contributed by atoms with Crippen molar-refractivity contribution in [3.8, 4) is 17.2 Å². The Hall–Kier alpha value is -10.6. The van der Waals surface area contributed by atoms with Crippen LogP contribution in [-0.4, -0.2) is 149 Å². The fraction of sp³-hybridized carbons (Fsp3) is 0.370. The van der Waals surface area contributed by atoms with Crippen molar-refractivity contribution in [3.05, 3.63) is 230 Å². The molecule has 108 heavy (non-hydrogen) atoms. The van der Waals surface area contributed by atoms with Crippen LogP contribution in [0.3, 0.4) is 0 Å². The van der Waals surface area contributed by atoms with Crippen molar-refractivity contribution in [3.63, 3.8) is 0 Å². The summed E-state index contributed by atoms with van der Waals surface area (Å²) in [6.07, 6.45) is 13.9. The van der Waals surface area contributed by atoms with Crippen molar-refractivity contribution in [2.24, 2.45) is 0 Å². The van der Waals surface area contributed by atoms with Crippen LogP contribution in [0.15, 0.2) is 165 Å². The molecule has 0 saturated heterocycles. The van der Waals surface area contributed by atoms with Gasteiger partial charge >= 0.3 is 18.3 Å². The van der Waals surface area contributed by atoms with E-state index in [1.165, 1.54) is 16.7 Å². The van der Waals surface area contributed by atoms with E-state index in [1.807, 2.05) is 200 Å². The number of benzene rings is 6. The molecule has 0 radical (unpaired) electrons. The molecule has 3 amide bonds. The molecule has 12 aromatic rings. The number of hydrogen-bond donors (Lipinski definition) is 3. The Morgan fingerprint density at radius 3 is 1.11 bits per heavy atom. The maximum atomic E-state index is 13.2. The highest BCUT2D eigenvalue weighted by Crippen LogP contribution is 2.44. The van der Waals surface area contributed by atoms with Crippen LogP contribution in [0.25, 0.3) is 32.7 Å². The molecular weight excluding hydrogens is 1430 g/mol. The SMILES string of the molecule is CC(C)(C)OC(=O)N1CCc2c([nH]c3ccc(Cl)cc23)C1c1ccc(OCCCn2ccnn2)cc1.CC(C)(C)OC(=O)N1CCc2c([nH]c3ccc(Cl)cc23)C1c1ccc(OCCCn2cnnc2)cc1.CC(C)(C)OC(=O)N1CCc2c([nH]c3ccc(Cl)cc23)C1c1ccc(OCCCn2nccn2)cc1. The number of fused-ring (bicyclic) bond motifs is 9. The second-order valence-electron chi connectivity index (χ2n) is 29.9. The van der Waals surface area contributed by atoms with E-state index in [0.29, 0.717) is 61.1 Å². The minimum absolute atomic E-state index is 0.308. The number of aromatic amines is 3. The highest BCUT2D eigenvalue weighted by Gasteiger charge is 2.40.